The number of ether oxygens (including phenoxy) is 1. The van der Waals surface area contributed by atoms with E-state index in [0.29, 0.717) is 0 Å². The molecule has 218 valence electrons. The molecule has 3 heterocycles. The molecule has 0 saturated heterocycles. The van der Waals surface area contributed by atoms with Crippen molar-refractivity contribution in [3.8, 4) is 5.75 Å². The van der Waals surface area contributed by atoms with Crippen LogP contribution in [0.3, 0.4) is 0 Å². The summed E-state index contributed by atoms with van der Waals surface area (Å²) < 4.78 is 71.8. The van der Waals surface area contributed by atoms with Crippen molar-refractivity contribution in [2.75, 3.05) is 5.32 Å². The maximum absolute atomic E-state index is 14.6. The number of hydrogen-bond acceptors (Lipinski definition) is 9. The molecule has 0 saturated carbocycles. The Morgan fingerprint density at radius 3 is 2.68 bits per heavy atom. The first-order chi connectivity index (χ1) is 19.5. The lowest BCUT2D eigenvalue weighted by Gasteiger charge is -2.10. The maximum atomic E-state index is 14.6. The average molecular weight is 582 g/mol. The predicted octanol–water partition coefficient (Wildman–Crippen LogP) is 2.69. The minimum Gasteiger partial charge on any atom is -0.406 e. The van der Waals surface area contributed by atoms with Gasteiger partial charge in [0, 0.05) is 25.7 Å². The number of anilines is 1. The van der Waals surface area contributed by atoms with Gasteiger partial charge in [-0.25, -0.2) is 13.5 Å². The van der Waals surface area contributed by atoms with E-state index in [1.165, 1.54) is 52.2 Å². The lowest BCUT2D eigenvalue weighted by atomic mass is 10.1. The van der Waals surface area contributed by atoms with Crippen LogP contribution >= 0.6 is 0 Å². The van der Waals surface area contributed by atoms with Crippen molar-refractivity contribution >= 4 is 11.7 Å². The van der Waals surface area contributed by atoms with Crippen LogP contribution in [-0.4, -0.2) is 58.5 Å². The fraction of sp³-hybridized carbons (Fsp3) is 0.333. The van der Waals surface area contributed by atoms with Crippen LogP contribution in [0.2, 0.25) is 0 Å². The Balaban J connectivity index is 1.20. The zero-order valence-electron chi connectivity index (χ0n) is 21.2. The Bertz CT molecular complexity index is 1450. The lowest BCUT2D eigenvalue weighted by molar-refractivity contribution is -0.274. The number of carbonyl (C=O) groups excluding carboxylic acids is 1. The second-order valence-corrected chi connectivity index (χ2v) is 8.75. The molecule has 0 bridgehead atoms. The van der Waals surface area contributed by atoms with Crippen molar-refractivity contribution < 1.29 is 36.6 Å². The number of hydrogen-bond donors (Lipinski definition) is 3. The van der Waals surface area contributed by atoms with E-state index >= 15 is 0 Å². The Morgan fingerprint density at radius 2 is 1.90 bits per heavy atom. The second-order valence-electron chi connectivity index (χ2n) is 8.75. The highest BCUT2D eigenvalue weighted by Crippen LogP contribution is 2.23. The molecule has 17 heteroatoms. The van der Waals surface area contributed by atoms with Crippen molar-refractivity contribution in [2.45, 2.75) is 51.2 Å². The smallest absolute Gasteiger partial charge is 0.406 e. The number of rotatable bonds is 13. The number of nitrogens with one attached hydrogen (secondary N) is 2. The molecule has 3 aromatic heterocycles. The van der Waals surface area contributed by atoms with E-state index in [4.69, 9.17) is 0 Å². The third kappa shape index (κ3) is 9.28. The molecule has 41 heavy (non-hydrogen) atoms. The first-order valence-electron chi connectivity index (χ1n) is 12.1. The second kappa shape index (κ2) is 13.2. The average Bonchev–Trinajstić information content (AvgIpc) is 3.55. The van der Waals surface area contributed by atoms with Crippen molar-refractivity contribution in [3.63, 3.8) is 0 Å². The number of aliphatic hydroxyl groups is 1. The Hall–Kier alpha value is -4.51. The number of nitrogens with zero attached hydrogens (tertiary/aromatic N) is 7. The molecule has 0 radical (unpaired) electrons. The minimum absolute atomic E-state index is 0.0172. The van der Waals surface area contributed by atoms with E-state index in [2.05, 4.69) is 41.0 Å². The molecule has 0 aliphatic heterocycles. The summed E-state index contributed by atoms with van der Waals surface area (Å²) in [4.78, 5) is 16.1. The zero-order valence-corrected chi connectivity index (χ0v) is 21.2. The van der Waals surface area contributed by atoms with Crippen molar-refractivity contribution in [3.05, 3.63) is 77.8 Å². The van der Waals surface area contributed by atoms with E-state index in [-0.39, 0.29) is 55.2 Å². The summed E-state index contributed by atoms with van der Waals surface area (Å²) in [6, 6.07) is 7.70. The number of pyridine rings is 1. The largest absolute Gasteiger partial charge is 0.573 e. The van der Waals surface area contributed by atoms with Gasteiger partial charge >= 0.3 is 6.36 Å². The molecule has 4 rings (SSSR count). The van der Waals surface area contributed by atoms with Gasteiger partial charge in [0.05, 0.1) is 31.1 Å². The van der Waals surface area contributed by atoms with Gasteiger partial charge < -0.3 is 15.2 Å². The first kappa shape index (κ1) is 29.5. The van der Waals surface area contributed by atoms with Gasteiger partial charge in [0.25, 0.3) is 0 Å². The van der Waals surface area contributed by atoms with Crippen LogP contribution in [-0.2, 0) is 30.8 Å². The summed E-state index contributed by atoms with van der Waals surface area (Å²) in [6.45, 7) is -0.0933. The fourth-order valence-corrected chi connectivity index (χ4v) is 3.63. The van der Waals surface area contributed by atoms with Gasteiger partial charge in [0.15, 0.2) is 12.0 Å². The molecule has 1 amide bonds. The fourth-order valence-electron chi connectivity index (χ4n) is 3.63. The van der Waals surface area contributed by atoms with E-state index in [0.717, 1.165) is 12.1 Å². The van der Waals surface area contributed by atoms with Crippen molar-refractivity contribution in [1.82, 2.24) is 40.3 Å². The number of aromatic nitrogens is 7. The number of alkyl halides is 4. The van der Waals surface area contributed by atoms with Crippen LogP contribution < -0.4 is 15.4 Å². The molecule has 2 unspecified atom stereocenters. The molecular weight excluding hydrogens is 557 g/mol. The van der Waals surface area contributed by atoms with Gasteiger partial charge in [-0.2, -0.15) is 0 Å². The van der Waals surface area contributed by atoms with E-state index in [1.807, 2.05) is 0 Å². The summed E-state index contributed by atoms with van der Waals surface area (Å²) in [5, 5.41) is 30.5. The third-order valence-corrected chi connectivity index (χ3v) is 5.49. The monoisotopic (exact) mass is 581 g/mol. The number of amides is 1. The van der Waals surface area contributed by atoms with Gasteiger partial charge in [-0.1, -0.05) is 22.6 Å². The summed E-state index contributed by atoms with van der Waals surface area (Å²) in [5.41, 5.74) is 0.565. The van der Waals surface area contributed by atoms with E-state index in [9.17, 15) is 31.9 Å². The van der Waals surface area contributed by atoms with Gasteiger partial charge in [0.2, 0.25) is 5.91 Å². The number of aryl methyl sites for hydroxylation is 1. The molecule has 2 atom stereocenters. The highest BCUT2D eigenvalue weighted by molar-refractivity contribution is 5.91. The molecular formula is C24H24F5N9O3. The Kier molecular flexibility index (Phi) is 9.51. The van der Waals surface area contributed by atoms with Crippen LogP contribution in [0.1, 0.15) is 29.6 Å². The molecule has 3 N–H and O–H groups in total. The van der Waals surface area contributed by atoms with E-state index in [1.54, 1.807) is 0 Å². The van der Waals surface area contributed by atoms with Crippen molar-refractivity contribution in [2.24, 2.45) is 0 Å². The number of benzene rings is 1. The quantitative estimate of drug-likeness (QED) is 0.160. The van der Waals surface area contributed by atoms with Gasteiger partial charge in [-0.15, -0.1) is 23.4 Å². The first-order valence-corrected chi connectivity index (χ1v) is 12.1. The molecule has 0 spiro atoms. The summed E-state index contributed by atoms with van der Waals surface area (Å²) in [5.74, 6) is -1.49. The molecule has 4 aromatic rings. The number of aliphatic hydroxyl groups excluding tert-OH is 1. The van der Waals surface area contributed by atoms with Gasteiger partial charge in [-0.05, 0) is 29.8 Å². The zero-order chi connectivity index (χ0) is 29.4. The SMILES string of the molecule is O=C(Cc1cccc(OC(F)(F)F)c1)Nc1cn(CC(F)CCn2cc(C(O)NCc3ncccc3F)nn2)nn1. The third-order valence-electron chi connectivity index (χ3n) is 5.49. The van der Waals surface area contributed by atoms with Gasteiger partial charge in [0.1, 0.15) is 23.4 Å². The van der Waals surface area contributed by atoms with Crippen molar-refractivity contribution in [1.29, 1.82) is 0 Å². The molecule has 1 aromatic carbocycles. The molecule has 12 nitrogen and oxygen atoms in total. The van der Waals surface area contributed by atoms with Gasteiger partial charge in [-0.3, -0.25) is 19.8 Å². The van der Waals surface area contributed by atoms with Crippen LogP contribution in [0, 0.1) is 5.82 Å². The molecule has 0 aliphatic rings. The summed E-state index contributed by atoms with van der Waals surface area (Å²) in [6.07, 6.45) is -3.54. The summed E-state index contributed by atoms with van der Waals surface area (Å²) in [7, 11) is 0. The maximum Gasteiger partial charge on any atom is 0.573 e. The predicted molar refractivity (Wildman–Crippen MR) is 131 cm³/mol. The molecule has 0 fully saturated rings. The summed E-state index contributed by atoms with van der Waals surface area (Å²) >= 11 is 0. The Morgan fingerprint density at radius 1 is 1.10 bits per heavy atom. The number of halogens is 5. The van der Waals surface area contributed by atoms with Crippen LogP contribution in [0.25, 0.3) is 0 Å². The Labute approximate surface area is 229 Å². The standard InChI is InChI=1S/C24H24F5N9O3/c25-16(6-8-37-13-20(33-35-37)23(40)31-11-19-18(26)5-2-7-30-19)12-38-14-21(34-36-38)32-22(39)10-15-3-1-4-17(9-15)41-24(27,28)29/h1-5,7,9,13-14,16,23,31,40H,6,8,10-12H2,(H,32,39). The minimum atomic E-state index is -4.85. The number of carbonyl (C=O) groups is 1. The molecule has 0 aliphatic carbocycles. The lowest BCUT2D eigenvalue weighted by Crippen LogP contribution is -2.22. The topological polar surface area (TPSA) is 145 Å². The normalized spacial score (nSPS) is 13.1. The highest BCUT2D eigenvalue weighted by atomic mass is 19.4. The van der Waals surface area contributed by atoms with Crippen LogP contribution in [0.5, 0.6) is 5.75 Å². The van der Waals surface area contributed by atoms with E-state index < -0.39 is 36.2 Å². The van der Waals surface area contributed by atoms with Crippen LogP contribution in [0.15, 0.2) is 55.0 Å². The highest BCUT2D eigenvalue weighted by Gasteiger charge is 2.31. The van der Waals surface area contributed by atoms with Crippen LogP contribution in [0.4, 0.5) is 27.8 Å².